The third-order valence-electron chi connectivity index (χ3n) is 5.44. The first-order valence-electron chi connectivity index (χ1n) is 10.4. The number of ketones is 1. The smallest absolute Gasteiger partial charge is 0.264 e. The Morgan fingerprint density at radius 1 is 1.06 bits per heavy atom. The maximum absolute atomic E-state index is 13.5. The van der Waals surface area contributed by atoms with Gasteiger partial charge in [-0.1, -0.05) is 61.2 Å². The number of methoxy groups -OCH3 is 1. The highest BCUT2D eigenvalue weighted by Gasteiger charge is 2.30. The first kappa shape index (κ1) is 23.8. The molecule has 0 saturated carbocycles. The average Bonchev–Trinajstić information content (AvgIpc) is 3.19. The number of hydrogen-bond donors (Lipinski definition) is 1. The molecule has 2 aromatic carbocycles. The number of Topliss-reactive ketones (excluding diaryl/α,β-unsaturated/α-hetero) is 1. The van der Waals surface area contributed by atoms with Gasteiger partial charge in [0.15, 0.2) is 5.78 Å². The molecule has 0 saturated heterocycles. The Morgan fingerprint density at radius 2 is 1.69 bits per heavy atom. The van der Waals surface area contributed by atoms with Crippen molar-refractivity contribution in [2.45, 2.75) is 32.1 Å². The summed E-state index contributed by atoms with van der Waals surface area (Å²) in [5, 5.41) is 12.5. The van der Waals surface area contributed by atoms with Crippen LogP contribution in [0.25, 0.3) is 0 Å². The Morgan fingerprint density at radius 3 is 2.19 bits per heavy atom. The minimum Gasteiger partial charge on any atom is -0.507 e. The van der Waals surface area contributed by atoms with Crippen molar-refractivity contribution < 1.29 is 19.4 Å². The lowest BCUT2D eigenvalue weighted by molar-refractivity contribution is -0.122. The van der Waals surface area contributed by atoms with Gasteiger partial charge in [-0.2, -0.15) is 0 Å². The molecule has 1 atom stereocenters. The van der Waals surface area contributed by atoms with Gasteiger partial charge < -0.3 is 14.7 Å². The van der Waals surface area contributed by atoms with Crippen LogP contribution in [-0.2, 0) is 11.2 Å². The molecule has 32 heavy (non-hydrogen) atoms. The number of carbonyl (C=O) groups excluding carboxylic acids is 2. The molecule has 0 fully saturated rings. The lowest BCUT2D eigenvalue weighted by Crippen LogP contribution is -2.37. The van der Waals surface area contributed by atoms with E-state index in [1.165, 1.54) is 21.5 Å². The SMILES string of the molecule is COc1ccc(C(C(=O)Cc2ccc([Si](C)(C)C)cc2)N(C)C(=O)c2cc(O)cs2)cc1. The maximum Gasteiger partial charge on any atom is 0.264 e. The topological polar surface area (TPSA) is 66.8 Å². The number of aromatic hydroxyl groups is 1. The van der Waals surface area contributed by atoms with Gasteiger partial charge >= 0.3 is 0 Å². The summed E-state index contributed by atoms with van der Waals surface area (Å²) < 4.78 is 5.24. The summed E-state index contributed by atoms with van der Waals surface area (Å²) in [6, 6.07) is 16.1. The van der Waals surface area contributed by atoms with Crippen molar-refractivity contribution >= 4 is 36.3 Å². The molecular formula is C25H29NO4SSi. The molecule has 0 aliphatic carbocycles. The lowest BCUT2D eigenvalue weighted by Gasteiger charge is -2.27. The van der Waals surface area contributed by atoms with E-state index in [0.717, 1.165) is 16.9 Å². The molecule has 7 heteroatoms. The minimum absolute atomic E-state index is 0.0431. The highest BCUT2D eigenvalue weighted by Crippen LogP contribution is 2.28. The van der Waals surface area contributed by atoms with Crippen molar-refractivity contribution in [3.05, 3.63) is 76.0 Å². The Bertz CT molecular complexity index is 1080. The van der Waals surface area contributed by atoms with Gasteiger partial charge in [0.2, 0.25) is 0 Å². The molecule has 1 unspecified atom stereocenters. The third-order valence-corrected chi connectivity index (χ3v) is 8.41. The van der Waals surface area contributed by atoms with Crippen LogP contribution in [-0.4, -0.2) is 43.9 Å². The molecular weight excluding hydrogens is 438 g/mol. The van der Waals surface area contributed by atoms with Crippen LogP contribution in [0.1, 0.15) is 26.8 Å². The van der Waals surface area contributed by atoms with Gasteiger partial charge in [-0.15, -0.1) is 11.3 Å². The van der Waals surface area contributed by atoms with E-state index in [4.69, 9.17) is 4.74 Å². The molecule has 3 aromatic rings. The summed E-state index contributed by atoms with van der Waals surface area (Å²) >= 11 is 1.16. The largest absolute Gasteiger partial charge is 0.507 e. The van der Waals surface area contributed by atoms with Gasteiger partial charge in [0, 0.05) is 24.9 Å². The fraction of sp³-hybridized carbons (Fsp3) is 0.280. The number of rotatable bonds is 8. The molecule has 0 spiro atoms. The molecule has 3 rings (SSSR count). The summed E-state index contributed by atoms with van der Waals surface area (Å²) in [6.45, 7) is 6.86. The number of amides is 1. The van der Waals surface area contributed by atoms with E-state index in [2.05, 4.69) is 31.8 Å². The highest BCUT2D eigenvalue weighted by molar-refractivity contribution is 7.12. The van der Waals surface area contributed by atoms with Crippen molar-refractivity contribution in [3.63, 3.8) is 0 Å². The summed E-state index contributed by atoms with van der Waals surface area (Å²) in [6.07, 6.45) is 0.218. The lowest BCUT2D eigenvalue weighted by atomic mass is 9.96. The van der Waals surface area contributed by atoms with Crippen molar-refractivity contribution in [1.29, 1.82) is 0 Å². The Labute approximate surface area is 194 Å². The van der Waals surface area contributed by atoms with Gasteiger partial charge in [0.25, 0.3) is 5.91 Å². The number of benzene rings is 2. The van der Waals surface area contributed by atoms with Crippen LogP contribution in [0, 0.1) is 0 Å². The van der Waals surface area contributed by atoms with E-state index in [9.17, 15) is 14.7 Å². The predicted octanol–water partition coefficient (Wildman–Crippen LogP) is 4.63. The molecule has 168 valence electrons. The molecule has 1 aromatic heterocycles. The quantitative estimate of drug-likeness (QED) is 0.491. The summed E-state index contributed by atoms with van der Waals surface area (Å²) in [5.74, 6) is 0.340. The molecule has 0 aliphatic rings. The van der Waals surface area contributed by atoms with Crippen LogP contribution < -0.4 is 9.92 Å². The number of carbonyl (C=O) groups is 2. The Hall–Kier alpha value is -2.90. The molecule has 0 aliphatic heterocycles. The van der Waals surface area contributed by atoms with E-state index in [1.807, 2.05) is 24.3 Å². The van der Waals surface area contributed by atoms with E-state index >= 15 is 0 Å². The normalized spacial score (nSPS) is 12.3. The molecule has 5 nitrogen and oxygen atoms in total. The van der Waals surface area contributed by atoms with Crippen molar-refractivity contribution in [2.24, 2.45) is 0 Å². The second-order valence-electron chi connectivity index (χ2n) is 8.85. The van der Waals surface area contributed by atoms with E-state index in [1.54, 1.807) is 26.3 Å². The second kappa shape index (κ2) is 9.71. The Balaban J connectivity index is 1.90. The maximum atomic E-state index is 13.5. The predicted molar refractivity (Wildman–Crippen MR) is 132 cm³/mol. The zero-order valence-corrected chi connectivity index (χ0v) is 20.9. The number of hydrogen-bond acceptors (Lipinski definition) is 5. The van der Waals surface area contributed by atoms with Crippen LogP contribution in [0.4, 0.5) is 0 Å². The fourth-order valence-corrected chi connectivity index (χ4v) is 5.48. The number of thiophene rings is 1. The standard InChI is InChI=1S/C25H29NO4SSi/c1-26(25(29)23-15-19(27)16-31-23)24(18-8-10-20(30-2)11-9-18)22(28)14-17-6-12-21(13-7-17)32(3,4)5/h6-13,15-16,24,27H,14H2,1-5H3. The van der Waals surface area contributed by atoms with Crippen LogP contribution in [0.3, 0.4) is 0 Å². The van der Waals surface area contributed by atoms with Gasteiger partial charge in [-0.05, 0) is 23.3 Å². The third kappa shape index (κ3) is 5.47. The fourth-order valence-electron chi connectivity index (χ4n) is 3.56. The molecule has 1 N–H and O–H groups in total. The van der Waals surface area contributed by atoms with Crippen LogP contribution in [0.5, 0.6) is 11.5 Å². The zero-order chi connectivity index (χ0) is 23.5. The van der Waals surface area contributed by atoms with Crippen molar-refractivity contribution in [2.75, 3.05) is 14.2 Å². The molecule has 1 heterocycles. The van der Waals surface area contributed by atoms with E-state index < -0.39 is 14.1 Å². The zero-order valence-electron chi connectivity index (χ0n) is 19.1. The molecule has 1 amide bonds. The first-order chi connectivity index (χ1) is 15.1. The summed E-state index contributed by atoms with van der Waals surface area (Å²) in [5.41, 5.74) is 1.64. The van der Waals surface area contributed by atoms with Gasteiger partial charge in [0.1, 0.15) is 17.5 Å². The van der Waals surface area contributed by atoms with Crippen LogP contribution in [0.2, 0.25) is 19.6 Å². The van der Waals surface area contributed by atoms with Crippen molar-refractivity contribution in [3.8, 4) is 11.5 Å². The summed E-state index contributed by atoms with van der Waals surface area (Å²) in [4.78, 5) is 28.4. The monoisotopic (exact) mass is 467 g/mol. The van der Waals surface area contributed by atoms with Gasteiger partial charge in [-0.25, -0.2) is 0 Å². The van der Waals surface area contributed by atoms with E-state index in [0.29, 0.717) is 16.2 Å². The van der Waals surface area contributed by atoms with Crippen LogP contribution in [0.15, 0.2) is 60.0 Å². The van der Waals surface area contributed by atoms with Crippen LogP contribution >= 0.6 is 11.3 Å². The van der Waals surface area contributed by atoms with Crippen molar-refractivity contribution in [1.82, 2.24) is 4.90 Å². The average molecular weight is 468 g/mol. The minimum atomic E-state index is -1.42. The first-order valence-corrected chi connectivity index (χ1v) is 14.8. The highest BCUT2D eigenvalue weighted by atomic mass is 32.1. The molecule has 0 radical (unpaired) electrons. The molecule has 0 bridgehead atoms. The summed E-state index contributed by atoms with van der Waals surface area (Å²) in [7, 11) is 1.79. The van der Waals surface area contributed by atoms with E-state index in [-0.39, 0.29) is 23.9 Å². The number of ether oxygens (including phenoxy) is 1. The number of nitrogens with zero attached hydrogens (tertiary/aromatic N) is 1. The Kier molecular flexibility index (Phi) is 7.21. The van der Waals surface area contributed by atoms with Gasteiger partial charge in [0.05, 0.1) is 20.1 Å². The number of likely N-dealkylation sites (N-methyl/N-ethyl adjacent to an activating group) is 1. The van der Waals surface area contributed by atoms with Gasteiger partial charge in [-0.3, -0.25) is 9.59 Å². The second-order valence-corrected chi connectivity index (χ2v) is 14.8.